The van der Waals surface area contributed by atoms with Crippen LogP contribution < -0.4 is 9.47 Å². The number of likely N-dealkylation sites (tertiary alicyclic amines) is 1. The van der Waals surface area contributed by atoms with Crippen molar-refractivity contribution in [2.24, 2.45) is 0 Å². The van der Waals surface area contributed by atoms with Crippen molar-refractivity contribution in [1.82, 2.24) is 9.88 Å². The number of nitrogens with zero attached hydrogens (tertiary/aromatic N) is 2. The minimum Gasteiger partial charge on any atom is -0.497 e. The fraction of sp³-hybridized carbons (Fsp3) is 0.542. The van der Waals surface area contributed by atoms with Crippen LogP contribution in [0.15, 0.2) is 35.9 Å². The molecule has 1 saturated heterocycles. The molecule has 3 heterocycles. The molecule has 31 heavy (non-hydrogen) atoms. The molecule has 1 atom stereocenters. The van der Waals surface area contributed by atoms with E-state index in [0.717, 1.165) is 79.2 Å². The molecular weight excluding hydrogens is 412 g/mol. The number of methoxy groups -OCH3 is 1. The Kier molecular flexibility index (Phi) is 7.27. The van der Waals surface area contributed by atoms with Gasteiger partial charge in [-0.3, -0.25) is 4.90 Å². The van der Waals surface area contributed by atoms with E-state index in [0.29, 0.717) is 13.0 Å². The first kappa shape index (κ1) is 22.3. The van der Waals surface area contributed by atoms with Crippen LogP contribution in [0.25, 0.3) is 0 Å². The largest absolute Gasteiger partial charge is 0.497 e. The minimum atomic E-state index is -0.861. The van der Waals surface area contributed by atoms with E-state index < -0.39 is 5.60 Å². The molecule has 2 aliphatic heterocycles. The number of hydrogen-bond acceptors (Lipinski definition) is 7. The predicted octanol–water partition coefficient (Wildman–Crippen LogP) is 4.06. The van der Waals surface area contributed by atoms with Gasteiger partial charge in [-0.2, -0.15) is 0 Å². The number of ether oxygens (including phenoxy) is 3. The molecule has 6 nitrogen and oxygen atoms in total. The number of aryl methyl sites for hydroxylation is 1. The highest BCUT2D eigenvalue weighted by molar-refractivity contribution is 7.11. The molecule has 7 heteroatoms. The van der Waals surface area contributed by atoms with Crippen LogP contribution >= 0.6 is 11.3 Å². The summed E-state index contributed by atoms with van der Waals surface area (Å²) in [6, 6.07) is 7.57. The summed E-state index contributed by atoms with van der Waals surface area (Å²) in [6.45, 7) is 6.82. The molecule has 1 fully saturated rings. The van der Waals surface area contributed by atoms with Gasteiger partial charge >= 0.3 is 0 Å². The highest BCUT2D eigenvalue weighted by Gasteiger charge is 2.35. The number of aromatic nitrogens is 1. The lowest BCUT2D eigenvalue weighted by Crippen LogP contribution is -2.31. The third-order valence-electron chi connectivity index (χ3n) is 6.04. The van der Waals surface area contributed by atoms with Gasteiger partial charge in [0.05, 0.1) is 30.9 Å². The van der Waals surface area contributed by atoms with Crippen molar-refractivity contribution in [1.29, 1.82) is 0 Å². The van der Waals surface area contributed by atoms with Gasteiger partial charge in [0.25, 0.3) is 0 Å². The summed E-state index contributed by atoms with van der Waals surface area (Å²) in [5.74, 6) is 1.60. The van der Waals surface area contributed by atoms with Crippen LogP contribution in [0.3, 0.4) is 0 Å². The van der Waals surface area contributed by atoms with E-state index in [1.54, 1.807) is 18.4 Å². The molecule has 0 amide bonds. The topological polar surface area (TPSA) is 64.0 Å². The van der Waals surface area contributed by atoms with Crippen molar-refractivity contribution < 1.29 is 19.3 Å². The molecule has 4 rings (SSSR count). The molecular formula is C24H32N2O4S. The quantitative estimate of drug-likeness (QED) is 0.650. The van der Waals surface area contributed by atoms with Crippen LogP contribution in [0.1, 0.15) is 41.3 Å². The van der Waals surface area contributed by atoms with Crippen molar-refractivity contribution in [2.45, 2.75) is 44.8 Å². The van der Waals surface area contributed by atoms with Gasteiger partial charge in [0.1, 0.15) is 28.7 Å². The molecule has 0 spiro atoms. The van der Waals surface area contributed by atoms with Crippen LogP contribution in [0, 0.1) is 6.92 Å². The second-order valence-electron chi connectivity index (χ2n) is 8.36. The first-order valence-electron chi connectivity index (χ1n) is 11.0. The summed E-state index contributed by atoms with van der Waals surface area (Å²) in [6.07, 6.45) is 5.71. The average Bonchev–Trinajstić information content (AvgIpc) is 3.07. The Morgan fingerprint density at radius 3 is 2.74 bits per heavy atom. The second-order valence-corrected chi connectivity index (χ2v) is 9.44. The third kappa shape index (κ3) is 5.66. The lowest BCUT2D eigenvalue weighted by Gasteiger charge is -2.26. The summed E-state index contributed by atoms with van der Waals surface area (Å²) in [7, 11) is 1.65. The van der Waals surface area contributed by atoms with Crippen molar-refractivity contribution >= 4 is 11.3 Å². The summed E-state index contributed by atoms with van der Waals surface area (Å²) >= 11 is 1.58. The Hall–Kier alpha value is -1.93. The van der Waals surface area contributed by atoms with Crippen LogP contribution in [0.5, 0.6) is 11.5 Å². The van der Waals surface area contributed by atoms with Crippen molar-refractivity contribution in [3.8, 4) is 11.5 Å². The number of hydrogen-bond donors (Lipinski definition) is 1. The third-order valence-corrected chi connectivity index (χ3v) is 7.36. The normalized spacial score (nSPS) is 22.6. The van der Waals surface area contributed by atoms with Crippen LogP contribution in [0.4, 0.5) is 0 Å². The van der Waals surface area contributed by atoms with Crippen LogP contribution in [-0.2, 0) is 16.9 Å². The molecule has 168 valence electrons. The molecule has 2 aromatic rings. The molecule has 1 aromatic heterocycles. The lowest BCUT2D eigenvalue weighted by molar-refractivity contribution is 0.0210. The van der Waals surface area contributed by atoms with Gasteiger partial charge in [-0.1, -0.05) is 6.08 Å². The highest BCUT2D eigenvalue weighted by Crippen LogP contribution is 2.37. The summed E-state index contributed by atoms with van der Waals surface area (Å²) < 4.78 is 16.7. The summed E-state index contributed by atoms with van der Waals surface area (Å²) in [5.41, 5.74) is 1.44. The molecule has 1 aromatic carbocycles. The Balaban J connectivity index is 1.37. The smallest absolute Gasteiger partial charge is 0.125 e. The standard InChI is InChI=1S/C24H32N2O4S/c1-18-22(17-30-21-8-6-20(28-2)7-9-21)31-23(25-18)24(27)10-4-12-26(13-11-24)15-19-5-3-14-29-16-19/h5-9,27H,3-4,10-17H2,1-2H3/t24-/m1/s1. The predicted molar refractivity (Wildman–Crippen MR) is 122 cm³/mol. The summed E-state index contributed by atoms with van der Waals surface area (Å²) in [5, 5.41) is 12.3. The number of thiazole rings is 1. The van der Waals surface area contributed by atoms with E-state index in [2.05, 4.69) is 11.0 Å². The van der Waals surface area contributed by atoms with Gasteiger partial charge in [0.15, 0.2) is 0 Å². The number of rotatable bonds is 7. The zero-order valence-corrected chi connectivity index (χ0v) is 19.2. The zero-order valence-electron chi connectivity index (χ0n) is 18.4. The maximum absolute atomic E-state index is 11.5. The van der Waals surface area contributed by atoms with E-state index in [4.69, 9.17) is 19.2 Å². The van der Waals surface area contributed by atoms with Gasteiger partial charge in [-0.15, -0.1) is 11.3 Å². The van der Waals surface area contributed by atoms with Gasteiger partial charge in [0.2, 0.25) is 0 Å². The van der Waals surface area contributed by atoms with E-state index in [1.165, 1.54) is 5.57 Å². The van der Waals surface area contributed by atoms with E-state index in [-0.39, 0.29) is 0 Å². The van der Waals surface area contributed by atoms with Crippen molar-refractivity contribution in [2.75, 3.05) is 40.0 Å². The van der Waals surface area contributed by atoms with Gasteiger partial charge in [-0.05, 0) is 69.0 Å². The van der Waals surface area contributed by atoms with Gasteiger partial charge in [-0.25, -0.2) is 4.98 Å². The molecule has 0 radical (unpaired) electrons. The molecule has 2 aliphatic rings. The summed E-state index contributed by atoms with van der Waals surface area (Å²) in [4.78, 5) is 8.24. The molecule has 0 bridgehead atoms. The van der Waals surface area contributed by atoms with Crippen molar-refractivity contribution in [3.05, 3.63) is 51.5 Å². The molecule has 0 unspecified atom stereocenters. The lowest BCUT2D eigenvalue weighted by atomic mass is 9.96. The molecule has 0 aliphatic carbocycles. The van der Waals surface area contributed by atoms with Crippen molar-refractivity contribution in [3.63, 3.8) is 0 Å². The molecule has 1 N–H and O–H groups in total. The van der Waals surface area contributed by atoms with Crippen LogP contribution in [-0.4, -0.2) is 54.9 Å². The first-order chi connectivity index (χ1) is 15.1. The van der Waals surface area contributed by atoms with Crippen LogP contribution in [0.2, 0.25) is 0 Å². The molecule has 0 saturated carbocycles. The highest BCUT2D eigenvalue weighted by atomic mass is 32.1. The zero-order chi connectivity index (χ0) is 21.7. The Bertz CT molecular complexity index is 895. The SMILES string of the molecule is COc1ccc(OCc2sc([C@@]3(O)CCCN(CC4=CCCOC4)CC3)nc2C)cc1. The monoisotopic (exact) mass is 444 g/mol. The Morgan fingerprint density at radius 1 is 1.19 bits per heavy atom. The fourth-order valence-electron chi connectivity index (χ4n) is 4.13. The number of benzene rings is 1. The second kappa shape index (κ2) is 10.1. The average molecular weight is 445 g/mol. The van der Waals surface area contributed by atoms with E-state index >= 15 is 0 Å². The fourth-order valence-corrected chi connectivity index (χ4v) is 5.26. The number of aliphatic hydroxyl groups is 1. The maximum Gasteiger partial charge on any atom is 0.125 e. The Morgan fingerprint density at radius 2 is 2.00 bits per heavy atom. The first-order valence-corrected chi connectivity index (χ1v) is 11.8. The van der Waals surface area contributed by atoms with E-state index in [9.17, 15) is 5.11 Å². The maximum atomic E-state index is 11.5. The van der Waals surface area contributed by atoms with Gasteiger partial charge < -0.3 is 19.3 Å². The van der Waals surface area contributed by atoms with Gasteiger partial charge in [0, 0.05) is 13.1 Å². The minimum absolute atomic E-state index is 0.451. The Labute approximate surface area is 188 Å². The van der Waals surface area contributed by atoms with E-state index in [1.807, 2.05) is 31.2 Å².